The largest absolute Gasteiger partial charge is 0.412 e. The molecule has 0 amide bonds. The van der Waals surface area contributed by atoms with E-state index in [2.05, 4.69) is 67.4 Å². The lowest BCUT2D eigenvalue weighted by molar-refractivity contribution is 0.240. The molecule has 0 bridgehead atoms. The minimum atomic E-state index is -1.94. The van der Waals surface area contributed by atoms with Crippen molar-refractivity contribution in [1.29, 1.82) is 0 Å². The van der Waals surface area contributed by atoms with Gasteiger partial charge in [-0.15, -0.1) is 0 Å². The number of nitrogens with zero attached hydrogens (tertiary/aromatic N) is 2. The van der Waals surface area contributed by atoms with Gasteiger partial charge in [0.05, 0.1) is 6.61 Å². The highest BCUT2D eigenvalue weighted by atomic mass is 79.9. The first-order chi connectivity index (χ1) is 10.8. The molecule has 23 heavy (non-hydrogen) atoms. The molecule has 7 heteroatoms. The summed E-state index contributed by atoms with van der Waals surface area (Å²) in [6.07, 6.45) is 2.89. The Bertz CT molecular complexity index is 514. The van der Waals surface area contributed by atoms with Crippen LogP contribution < -0.4 is 5.48 Å². The van der Waals surface area contributed by atoms with Gasteiger partial charge in [-0.1, -0.05) is 41.5 Å². The number of hydrogen-bond acceptors (Lipinski definition) is 4. The molecule has 1 aromatic heterocycles. The summed E-state index contributed by atoms with van der Waals surface area (Å²) in [5.41, 5.74) is 4.38. The smallest absolute Gasteiger partial charge is 0.200 e. The van der Waals surface area contributed by atoms with Crippen LogP contribution in [0.3, 0.4) is 0 Å². The van der Waals surface area contributed by atoms with Crippen LogP contribution in [0.25, 0.3) is 0 Å². The number of aromatic nitrogens is 1. The van der Waals surface area contributed by atoms with Gasteiger partial charge in [0.1, 0.15) is 6.34 Å². The summed E-state index contributed by atoms with van der Waals surface area (Å²) in [5, 5.41) is 8.69. The molecule has 5 nitrogen and oxygen atoms in total. The van der Waals surface area contributed by atoms with Crippen LogP contribution in [0.1, 0.15) is 47.1 Å². The summed E-state index contributed by atoms with van der Waals surface area (Å²) >= 11 is 3.45. The standard InChI is InChI=1S/C16H28BrN3O2Si/c1-11(2)23(12(3)4,13(5)6)22-9-14-7-15(17)8-18-16(14)19-10-20-21/h7-8,10-13,21H,9H2,1-6H3,(H,18,19,20). The van der Waals surface area contributed by atoms with Gasteiger partial charge in [-0.25, -0.2) is 9.98 Å². The molecular weight excluding hydrogens is 374 g/mol. The summed E-state index contributed by atoms with van der Waals surface area (Å²) in [5.74, 6) is 0.550. The Morgan fingerprint density at radius 3 is 2.30 bits per heavy atom. The molecular formula is C16H28BrN3O2Si. The average Bonchev–Trinajstić information content (AvgIpc) is 2.45. The van der Waals surface area contributed by atoms with Gasteiger partial charge in [0.25, 0.3) is 0 Å². The van der Waals surface area contributed by atoms with Crippen LogP contribution in [0, 0.1) is 0 Å². The summed E-state index contributed by atoms with van der Waals surface area (Å²) in [6.45, 7) is 14.1. The normalized spacial score (nSPS) is 12.8. The van der Waals surface area contributed by atoms with Gasteiger partial charge in [0.2, 0.25) is 8.32 Å². The van der Waals surface area contributed by atoms with E-state index in [1.807, 2.05) is 11.5 Å². The lowest BCUT2D eigenvalue weighted by Gasteiger charge is -2.42. The fourth-order valence-corrected chi connectivity index (χ4v) is 9.27. The van der Waals surface area contributed by atoms with Gasteiger partial charge < -0.3 is 4.43 Å². The van der Waals surface area contributed by atoms with E-state index in [0.29, 0.717) is 29.0 Å². The first-order valence-corrected chi connectivity index (χ1v) is 10.9. The Morgan fingerprint density at radius 1 is 1.26 bits per heavy atom. The van der Waals surface area contributed by atoms with Crippen LogP contribution in [-0.4, -0.2) is 24.8 Å². The number of rotatable bonds is 8. The Labute approximate surface area is 148 Å². The molecule has 130 valence electrons. The topological polar surface area (TPSA) is 66.7 Å². The van der Waals surface area contributed by atoms with E-state index in [4.69, 9.17) is 9.63 Å². The second-order valence-electron chi connectivity index (χ2n) is 6.63. The highest BCUT2D eigenvalue weighted by Crippen LogP contribution is 2.43. The molecule has 0 aromatic carbocycles. The zero-order valence-electron chi connectivity index (χ0n) is 14.8. The Hall–Kier alpha value is -0.763. The molecule has 0 aliphatic carbocycles. The highest BCUT2D eigenvalue weighted by molar-refractivity contribution is 9.10. The van der Waals surface area contributed by atoms with E-state index >= 15 is 0 Å². The molecule has 0 unspecified atom stereocenters. The Morgan fingerprint density at radius 2 is 1.83 bits per heavy atom. The van der Waals surface area contributed by atoms with Crippen molar-refractivity contribution < 1.29 is 9.63 Å². The van der Waals surface area contributed by atoms with Crippen molar-refractivity contribution in [3.8, 4) is 0 Å². The fourth-order valence-electron chi connectivity index (χ4n) is 3.49. The van der Waals surface area contributed by atoms with Crippen molar-refractivity contribution in [3.05, 3.63) is 22.3 Å². The SMILES string of the molecule is CC(C)[Si](OCc1cc(Br)cnc1N=CNO)(C(C)C)C(C)C. The second-order valence-corrected chi connectivity index (χ2v) is 13.0. The molecule has 1 aromatic rings. The lowest BCUT2D eigenvalue weighted by Crippen LogP contribution is -2.47. The second kappa shape index (κ2) is 8.91. The maximum absolute atomic E-state index is 8.69. The van der Waals surface area contributed by atoms with Crippen LogP contribution in [0.2, 0.25) is 16.6 Å². The van der Waals surface area contributed by atoms with Crippen molar-refractivity contribution in [2.24, 2.45) is 4.99 Å². The molecule has 0 aliphatic rings. The number of aliphatic imine (C=N–C) groups is 1. The minimum absolute atomic E-state index is 0.477. The monoisotopic (exact) mass is 401 g/mol. The molecule has 2 N–H and O–H groups in total. The average molecular weight is 402 g/mol. The molecule has 0 saturated heterocycles. The highest BCUT2D eigenvalue weighted by Gasteiger charge is 2.45. The maximum atomic E-state index is 8.69. The Kier molecular flexibility index (Phi) is 7.86. The van der Waals surface area contributed by atoms with Gasteiger partial charge in [0.15, 0.2) is 5.82 Å². The summed E-state index contributed by atoms with van der Waals surface area (Å²) in [4.78, 5) is 8.41. The van der Waals surface area contributed by atoms with Crippen molar-refractivity contribution in [1.82, 2.24) is 10.5 Å². The minimum Gasteiger partial charge on any atom is -0.412 e. The third-order valence-electron chi connectivity index (χ3n) is 4.34. The summed E-state index contributed by atoms with van der Waals surface area (Å²) in [7, 11) is -1.94. The van der Waals surface area contributed by atoms with E-state index in [-0.39, 0.29) is 0 Å². The van der Waals surface area contributed by atoms with Crippen molar-refractivity contribution in [2.75, 3.05) is 0 Å². The summed E-state index contributed by atoms with van der Waals surface area (Å²) < 4.78 is 7.48. The summed E-state index contributed by atoms with van der Waals surface area (Å²) in [6, 6.07) is 1.97. The van der Waals surface area contributed by atoms with Crippen LogP contribution in [0.5, 0.6) is 0 Å². The zero-order valence-corrected chi connectivity index (χ0v) is 17.4. The van der Waals surface area contributed by atoms with Gasteiger partial charge in [-0.05, 0) is 38.6 Å². The zero-order chi connectivity index (χ0) is 17.6. The van der Waals surface area contributed by atoms with E-state index in [1.165, 1.54) is 6.34 Å². The van der Waals surface area contributed by atoms with Gasteiger partial charge >= 0.3 is 0 Å². The molecule has 0 radical (unpaired) electrons. The third kappa shape index (κ3) is 4.85. The van der Waals surface area contributed by atoms with Gasteiger partial charge in [0, 0.05) is 16.2 Å². The van der Waals surface area contributed by atoms with E-state index in [0.717, 1.165) is 10.0 Å². The first-order valence-electron chi connectivity index (χ1n) is 7.96. The number of pyridine rings is 1. The number of hydroxylamine groups is 1. The molecule has 0 spiro atoms. The van der Waals surface area contributed by atoms with Crippen LogP contribution >= 0.6 is 15.9 Å². The first kappa shape index (κ1) is 20.3. The molecule has 1 rings (SSSR count). The molecule has 1 heterocycles. The fraction of sp³-hybridized carbons (Fsp3) is 0.625. The third-order valence-corrected chi connectivity index (χ3v) is 10.8. The number of halogens is 1. The predicted octanol–water partition coefficient (Wildman–Crippen LogP) is 5.17. The van der Waals surface area contributed by atoms with Crippen molar-refractivity contribution in [2.45, 2.75) is 64.8 Å². The quantitative estimate of drug-likeness (QED) is 0.272. The van der Waals surface area contributed by atoms with E-state index in [1.54, 1.807) is 6.20 Å². The predicted molar refractivity (Wildman–Crippen MR) is 101 cm³/mol. The Balaban J connectivity index is 3.11. The van der Waals surface area contributed by atoms with Crippen LogP contribution in [0.15, 0.2) is 21.7 Å². The molecule has 0 saturated carbocycles. The van der Waals surface area contributed by atoms with E-state index in [9.17, 15) is 0 Å². The van der Waals surface area contributed by atoms with Crippen molar-refractivity contribution in [3.63, 3.8) is 0 Å². The van der Waals surface area contributed by atoms with Gasteiger partial charge in [-0.3, -0.25) is 10.7 Å². The van der Waals surface area contributed by atoms with Crippen LogP contribution in [-0.2, 0) is 11.0 Å². The molecule has 0 atom stereocenters. The molecule has 0 fully saturated rings. The van der Waals surface area contributed by atoms with E-state index < -0.39 is 8.32 Å². The lowest BCUT2D eigenvalue weighted by atomic mass is 10.3. The maximum Gasteiger partial charge on any atom is 0.200 e. The number of hydrogen-bond donors (Lipinski definition) is 2. The van der Waals surface area contributed by atoms with Gasteiger partial charge in [-0.2, -0.15) is 0 Å². The molecule has 0 aliphatic heterocycles. The number of nitrogens with one attached hydrogen (secondary N) is 1. The van der Waals surface area contributed by atoms with Crippen LogP contribution in [0.4, 0.5) is 5.82 Å². The van der Waals surface area contributed by atoms with Crippen molar-refractivity contribution >= 4 is 36.4 Å².